The van der Waals surface area contributed by atoms with Crippen molar-refractivity contribution in [2.45, 2.75) is 13.3 Å². The van der Waals surface area contributed by atoms with Crippen LogP contribution in [-0.4, -0.2) is 27.6 Å². The van der Waals surface area contributed by atoms with E-state index in [9.17, 15) is 4.79 Å². The Kier molecular flexibility index (Phi) is 4.43. The number of hydrogen-bond acceptors (Lipinski definition) is 3. The lowest BCUT2D eigenvalue weighted by atomic mass is 10.1. The summed E-state index contributed by atoms with van der Waals surface area (Å²) in [5, 5.41) is 8.96. The predicted octanol–water partition coefficient (Wildman–Crippen LogP) is 2.74. The molecule has 0 fully saturated rings. The maximum absolute atomic E-state index is 10.9. The molecule has 21 heavy (non-hydrogen) atoms. The van der Waals surface area contributed by atoms with Gasteiger partial charge in [-0.3, -0.25) is 4.79 Å². The molecule has 0 aliphatic heterocycles. The topological polar surface area (TPSA) is 51.5 Å². The van der Waals surface area contributed by atoms with Crippen molar-refractivity contribution < 1.29 is 14.6 Å². The molecule has 1 N–H and O–H groups in total. The van der Waals surface area contributed by atoms with Gasteiger partial charge in [0, 0.05) is 18.8 Å². The number of ether oxygens (including phenoxy) is 1. The summed E-state index contributed by atoms with van der Waals surface area (Å²) >= 11 is 5.55. The van der Waals surface area contributed by atoms with Gasteiger partial charge in [0.25, 0.3) is 0 Å². The Bertz CT molecular complexity index is 686. The number of methoxy groups -OCH3 is 1. The molecule has 0 unspecified atom stereocenters. The third kappa shape index (κ3) is 3.13. The largest absolute Gasteiger partial charge is 0.494 e. The van der Waals surface area contributed by atoms with Gasteiger partial charge in [0.1, 0.15) is 11.4 Å². The molecule has 0 spiro atoms. The molecule has 0 amide bonds. The van der Waals surface area contributed by atoms with Gasteiger partial charge in [-0.1, -0.05) is 42.0 Å². The first-order valence-electron chi connectivity index (χ1n) is 6.49. The van der Waals surface area contributed by atoms with Crippen molar-refractivity contribution in [2.75, 3.05) is 7.11 Å². The van der Waals surface area contributed by atoms with E-state index in [0.29, 0.717) is 16.3 Å². The van der Waals surface area contributed by atoms with Crippen molar-refractivity contribution in [1.82, 2.24) is 4.57 Å². The molecule has 1 aromatic heterocycles. The number of thiocarbonyl (C=S) groups is 1. The lowest BCUT2D eigenvalue weighted by molar-refractivity contribution is -0.136. The second-order valence-corrected chi connectivity index (χ2v) is 5.29. The van der Waals surface area contributed by atoms with E-state index < -0.39 is 5.97 Å². The summed E-state index contributed by atoms with van der Waals surface area (Å²) in [6.07, 6.45) is -0.0661. The van der Waals surface area contributed by atoms with Gasteiger partial charge in [0.05, 0.1) is 18.4 Å². The summed E-state index contributed by atoms with van der Waals surface area (Å²) in [6.45, 7) is 2.01. The van der Waals surface area contributed by atoms with Crippen molar-refractivity contribution in [3.63, 3.8) is 0 Å². The minimum atomic E-state index is -0.883. The van der Waals surface area contributed by atoms with Crippen molar-refractivity contribution in [2.24, 2.45) is 7.05 Å². The van der Waals surface area contributed by atoms with Gasteiger partial charge in [0.2, 0.25) is 0 Å². The minimum absolute atomic E-state index is 0.0661. The zero-order chi connectivity index (χ0) is 15.6. The average Bonchev–Trinajstić information content (AvgIpc) is 2.75. The van der Waals surface area contributed by atoms with Crippen LogP contribution in [0.15, 0.2) is 30.3 Å². The minimum Gasteiger partial charge on any atom is -0.494 e. The molecule has 0 aliphatic rings. The summed E-state index contributed by atoms with van der Waals surface area (Å²) in [7, 11) is 3.36. The van der Waals surface area contributed by atoms with E-state index in [-0.39, 0.29) is 6.42 Å². The highest BCUT2D eigenvalue weighted by Crippen LogP contribution is 2.26. The van der Waals surface area contributed by atoms with E-state index in [1.807, 2.05) is 31.2 Å². The van der Waals surface area contributed by atoms with E-state index in [2.05, 4.69) is 0 Å². The SMILES string of the molecule is COc1cc(CC(=O)O)n(C)c1C(=S)c1ccc(C)cc1. The van der Waals surface area contributed by atoms with Crippen LogP contribution >= 0.6 is 12.2 Å². The molecule has 0 atom stereocenters. The molecular formula is C16H17NO3S. The van der Waals surface area contributed by atoms with Gasteiger partial charge in [-0.25, -0.2) is 0 Å². The molecule has 2 rings (SSSR count). The van der Waals surface area contributed by atoms with Crippen LogP contribution in [0.1, 0.15) is 22.5 Å². The Morgan fingerprint density at radius 1 is 1.33 bits per heavy atom. The monoisotopic (exact) mass is 303 g/mol. The van der Waals surface area contributed by atoms with E-state index in [4.69, 9.17) is 22.1 Å². The fraction of sp³-hybridized carbons (Fsp3) is 0.250. The van der Waals surface area contributed by atoms with E-state index >= 15 is 0 Å². The number of carboxylic acid groups (broad SMARTS) is 1. The quantitative estimate of drug-likeness (QED) is 0.681. The molecule has 0 saturated heterocycles. The van der Waals surface area contributed by atoms with Crippen molar-refractivity contribution in [3.8, 4) is 5.75 Å². The second kappa shape index (κ2) is 6.10. The molecule has 1 heterocycles. The fourth-order valence-corrected chi connectivity index (χ4v) is 2.59. The number of carbonyl (C=O) groups is 1. The highest BCUT2D eigenvalue weighted by atomic mass is 32.1. The Labute approximate surface area is 129 Å². The molecule has 5 heteroatoms. The highest BCUT2D eigenvalue weighted by Gasteiger charge is 2.19. The first-order chi connectivity index (χ1) is 9.93. The fourth-order valence-electron chi connectivity index (χ4n) is 2.21. The van der Waals surface area contributed by atoms with Crippen molar-refractivity contribution in [3.05, 3.63) is 52.8 Å². The summed E-state index contributed by atoms with van der Waals surface area (Å²) in [5.74, 6) is -0.287. The first-order valence-corrected chi connectivity index (χ1v) is 6.90. The molecular weight excluding hydrogens is 286 g/mol. The van der Waals surface area contributed by atoms with Crippen molar-refractivity contribution in [1.29, 1.82) is 0 Å². The van der Waals surface area contributed by atoms with Crippen LogP contribution in [0.2, 0.25) is 0 Å². The third-order valence-corrected chi connectivity index (χ3v) is 3.81. The van der Waals surface area contributed by atoms with Crippen LogP contribution in [0, 0.1) is 6.92 Å². The lowest BCUT2D eigenvalue weighted by Gasteiger charge is -2.10. The van der Waals surface area contributed by atoms with Crippen LogP contribution in [0.5, 0.6) is 5.75 Å². The summed E-state index contributed by atoms with van der Waals surface area (Å²) < 4.78 is 7.14. The van der Waals surface area contributed by atoms with Gasteiger partial charge in [-0.2, -0.15) is 0 Å². The summed E-state index contributed by atoms with van der Waals surface area (Å²) in [4.78, 5) is 11.6. The normalized spacial score (nSPS) is 10.4. The van der Waals surface area contributed by atoms with Gasteiger partial charge < -0.3 is 14.4 Å². The van der Waals surface area contributed by atoms with Gasteiger partial charge in [-0.15, -0.1) is 0 Å². The smallest absolute Gasteiger partial charge is 0.309 e. The molecule has 0 radical (unpaired) electrons. The summed E-state index contributed by atoms with van der Waals surface area (Å²) in [6, 6.07) is 9.64. The van der Waals surface area contributed by atoms with Gasteiger partial charge >= 0.3 is 5.97 Å². The van der Waals surface area contributed by atoms with Crippen LogP contribution in [-0.2, 0) is 18.3 Å². The molecule has 1 aromatic carbocycles. The zero-order valence-electron chi connectivity index (χ0n) is 12.2. The number of hydrogen-bond donors (Lipinski definition) is 1. The Morgan fingerprint density at radius 3 is 2.48 bits per heavy atom. The van der Waals surface area contributed by atoms with E-state index in [1.165, 1.54) is 0 Å². The van der Waals surface area contributed by atoms with Crippen LogP contribution < -0.4 is 4.74 Å². The highest BCUT2D eigenvalue weighted by molar-refractivity contribution is 7.81. The number of rotatable bonds is 5. The lowest BCUT2D eigenvalue weighted by Crippen LogP contribution is -2.11. The average molecular weight is 303 g/mol. The van der Waals surface area contributed by atoms with E-state index in [0.717, 1.165) is 16.8 Å². The van der Waals surface area contributed by atoms with Crippen LogP contribution in [0.25, 0.3) is 0 Å². The van der Waals surface area contributed by atoms with Crippen LogP contribution in [0.4, 0.5) is 0 Å². The van der Waals surface area contributed by atoms with Crippen molar-refractivity contribution >= 4 is 23.1 Å². The Morgan fingerprint density at radius 2 is 1.95 bits per heavy atom. The molecule has 4 nitrogen and oxygen atoms in total. The third-order valence-electron chi connectivity index (χ3n) is 3.38. The molecule has 0 saturated carbocycles. The van der Waals surface area contributed by atoms with Crippen LogP contribution in [0.3, 0.4) is 0 Å². The van der Waals surface area contributed by atoms with Gasteiger partial charge in [-0.05, 0) is 12.5 Å². The number of aryl methyl sites for hydroxylation is 1. The molecule has 0 aliphatic carbocycles. The zero-order valence-corrected chi connectivity index (χ0v) is 13.0. The maximum atomic E-state index is 10.9. The molecule has 110 valence electrons. The number of carboxylic acids is 1. The first kappa shape index (κ1) is 15.3. The Hall–Kier alpha value is -2.14. The Balaban J connectivity index is 2.46. The molecule has 2 aromatic rings. The number of benzene rings is 1. The summed E-state index contributed by atoms with van der Waals surface area (Å²) in [5.41, 5.74) is 3.46. The maximum Gasteiger partial charge on any atom is 0.309 e. The number of nitrogens with zero attached hydrogens (tertiary/aromatic N) is 1. The molecule has 0 bridgehead atoms. The number of aliphatic carboxylic acids is 1. The van der Waals surface area contributed by atoms with Gasteiger partial charge in [0.15, 0.2) is 0 Å². The number of aromatic nitrogens is 1. The second-order valence-electron chi connectivity index (χ2n) is 4.88. The predicted molar refractivity (Wildman–Crippen MR) is 85.3 cm³/mol. The van der Waals surface area contributed by atoms with E-state index in [1.54, 1.807) is 24.8 Å². The standard InChI is InChI=1S/C16H17NO3S/c1-10-4-6-11(7-5-10)16(21)15-13(20-3)8-12(17(15)2)9-14(18)19/h4-8H,9H2,1-3H3,(H,18,19).